The predicted molar refractivity (Wildman–Crippen MR) is 93.3 cm³/mol. The van der Waals surface area contributed by atoms with Gasteiger partial charge in [-0.25, -0.2) is 0 Å². The second kappa shape index (κ2) is 7.60. The minimum Gasteiger partial charge on any atom is -0.366 e. The molecule has 24 heavy (non-hydrogen) atoms. The van der Waals surface area contributed by atoms with Gasteiger partial charge in [0.2, 0.25) is 5.91 Å². The first-order valence-electron chi connectivity index (χ1n) is 8.18. The maximum absolute atomic E-state index is 12.0. The highest BCUT2D eigenvalue weighted by molar-refractivity contribution is 5.79. The van der Waals surface area contributed by atoms with Crippen molar-refractivity contribution in [3.63, 3.8) is 0 Å². The molecule has 0 radical (unpaired) electrons. The van der Waals surface area contributed by atoms with Gasteiger partial charge in [0.15, 0.2) is 0 Å². The number of benzene rings is 1. The molecule has 2 aromatic rings. The van der Waals surface area contributed by atoms with Gasteiger partial charge in [0, 0.05) is 50.8 Å². The molecule has 0 aliphatic carbocycles. The third kappa shape index (κ3) is 3.54. The van der Waals surface area contributed by atoms with Crippen molar-refractivity contribution in [1.29, 1.82) is 5.26 Å². The number of hydrogen-bond donors (Lipinski definition) is 0. The molecular weight excluding hydrogens is 300 g/mol. The average molecular weight is 320 g/mol. The highest BCUT2D eigenvalue weighted by Gasteiger charge is 2.22. The Morgan fingerprint density at radius 2 is 1.88 bits per heavy atom. The van der Waals surface area contributed by atoms with Crippen LogP contribution in [0.5, 0.6) is 0 Å². The summed E-state index contributed by atoms with van der Waals surface area (Å²) in [4.78, 5) is 20.4. The molecule has 3 rings (SSSR count). The molecule has 5 nitrogen and oxygen atoms in total. The summed E-state index contributed by atoms with van der Waals surface area (Å²) in [5, 5.41) is 8.61. The number of piperazine rings is 1. The van der Waals surface area contributed by atoms with E-state index in [1.54, 1.807) is 0 Å². The molecule has 2 heterocycles. The van der Waals surface area contributed by atoms with Gasteiger partial charge in [0.1, 0.15) is 0 Å². The lowest BCUT2D eigenvalue weighted by atomic mass is 10.0. The molecule has 1 amide bonds. The van der Waals surface area contributed by atoms with Gasteiger partial charge >= 0.3 is 0 Å². The van der Waals surface area contributed by atoms with Crippen LogP contribution in [0.25, 0.3) is 11.1 Å². The highest BCUT2D eigenvalue weighted by Crippen LogP contribution is 2.30. The number of aromatic nitrogens is 1. The van der Waals surface area contributed by atoms with Crippen molar-refractivity contribution in [3.05, 3.63) is 48.8 Å². The van der Waals surface area contributed by atoms with E-state index < -0.39 is 0 Å². The zero-order valence-corrected chi connectivity index (χ0v) is 13.6. The van der Waals surface area contributed by atoms with Crippen molar-refractivity contribution in [2.45, 2.75) is 12.8 Å². The molecule has 0 N–H and O–H groups in total. The number of carbonyl (C=O) groups excluding carboxylic acids is 1. The van der Waals surface area contributed by atoms with E-state index in [1.165, 1.54) is 5.56 Å². The maximum atomic E-state index is 12.0. The Labute approximate surface area is 142 Å². The number of pyridine rings is 1. The third-order valence-corrected chi connectivity index (χ3v) is 4.31. The highest BCUT2D eigenvalue weighted by atomic mass is 16.2. The first-order chi connectivity index (χ1) is 11.8. The molecule has 1 aromatic carbocycles. The quantitative estimate of drug-likeness (QED) is 0.869. The number of carbonyl (C=O) groups is 1. The Morgan fingerprint density at radius 3 is 2.58 bits per heavy atom. The third-order valence-electron chi connectivity index (χ3n) is 4.31. The number of amides is 1. The van der Waals surface area contributed by atoms with Crippen molar-refractivity contribution in [2.75, 3.05) is 31.1 Å². The topological polar surface area (TPSA) is 60.2 Å². The first-order valence-corrected chi connectivity index (χ1v) is 8.18. The van der Waals surface area contributed by atoms with Gasteiger partial charge in [0.25, 0.3) is 0 Å². The normalized spacial score (nSPS) is 14.3. The molecular formula is C19H20N4O. The molecule has 1 fully saturated rings. The van der Waals surface area contributed by atoms with E-state index in [4.69, 9.17) is 5.26 Å². The van der Waals surface area contributed by atoms with E-state index in [0.717, 1.165) is 24.3 Å². The van der Waals surface area contributed by atoms with Gasteiger partial charge in [-0.3, -0.25) is 9.78 Å². The van der Waals surface area contributed by atoms with Crippen LogP contribution >= 0.6 is 0 Å². The Hall–Kier alpha value is -2.87. The van der Waals surface area contributed by atoms with Gasteiger partial charge in [-0.1, -0.05) is 30.3 Å². The van der Waals surface area contributed by atoms with Crippen molar-refractivity contribution in [2.24, 2.45) is 0 Å². The molecule has 0 spiro atoms. The van der Waals surface area contributed by atoms with E-state index in [-0.39, 0.29) is 5.91 Å². The zero-order chi connectivity index (χ0) is 16.8. The molecule has 0 saturated carbocycles. The molecule has 0 atom stereocenters. The smallest absolute Gasteiger partial charge is 0.223 e. The number of nitrogens with zero attached hydrogens (tertiary/aromatic N) is 4. The largest absolute Gasteiger partial charge is 0.366 e. The van der Waals surface area contributed by atoms with Crippen LogP contribution in [0.2, 0.25) is 0 Å². The van der Waals surface area contributed by atoms with E-state index in [1.807, 2.05) is 47.6 Å². The van der Waals surface area contributed by atoms with Crippen LogP contribution in [0.1, 0.15) is 12.8 Å². The lowest BCUT2D eigenvalue weighted by Gasteiger charge is -2.36. The predicted octanol–water partition coefficient (Wildman–Crippen LogP) is 2.70. The van der Waals surface area contributed by atoms with Crippen molar-refractivity contribution in [1.82, 2.24) is 9.88 Å². The van der Waals surface area contributed by atoms with Gasteiger partial charge in [-0.05, 0) is 11.6 Å². The zero-order valence-electron chi connectivity index (χ0n) is 13.6. The second-order valence-corrected chi connectivity index (χ2v) is 5.78. The minimum absolute atomic E-state index is 0.0747. The van der Waals surface area contributed by atoms with E-state index >= 15 is 0 Å². The SMILES string of the molecule is N#CCCC(=O)N1CCN(c2cnccc2-c2ccccc2)CC1. The fourth-order valence-corrected chi connectivity index (χ4v) is 3.02. The molecule has 1 aliphatic heterocycles. The standard InChI is InChI=1S/C19H20N4O/c20-9-4-7-19(24)23-13-11-22(12-14-23)18-15-21-10-8-17(18)16-5-2-1-3-6-16/h1-3,5-6,8,10,15H,4,7,11-14H2. The van der Waals surface area contributed by atoms with Crippen LogP contribution in [0.15, 0.2) is 48.8 Å². The van der Waals surface area contributed by atoms with E-state index in [9.17, 15) is 4.79 Å². The summed E-state index contributed by atoms with van der Waals surface area (Å²) in [5.41, 5.74) is 3.44. The summed E-state index contributed by atoms with van der Waals surface area (Å²) in [7, 11) is 0. The molecule has 5 heteroatoms. The summed E-state index contributed by atoms with van der Waals surface area (Å²) in [6.07, 6.45) is 4.32. The van der Waals surface area contributed by atoms with Crippen LogP contribution in [0.4, 0.5) is 5.69 Å². The molecule has 1 saturated heterocycles. The number of anilines is 1. The van der Waals surface area contributed by atoms with Crippen LogP contribution < -0.4 is 4.90 Å². The lowest BCUT2D eigenvalue weighted by molar-refractivity contribution is -0.131. The average Bonchev–Trinajstić information content (AvgIpc) is 2.67. The summed E-state index contributed by atoms with van der Waals surface area (Å²) < 4.78 is 0. The Morgan fingerprint density at radius 1 is 1.12 bits per heavy atom. The first kappa shape index (κ1) is 16.0. The maximum Gasteiger partial charge on any atom is 0.223 e. The van der Waals surface area contributed by atoms with Crippen LogP contribution in [0, 0.1) is 11.3 Å². The summed E-state index contributed by atoms with van der Waals surface area (Å²) in [5.74, 6) is 0.0747. The Kier molecular flexibility index (Phi) is 5.07. The van der Waals surface area contributed by atoms with E-state index in [0.29, 0.717) is 25.9 Å². The van der Waals surface area contributed by atoms with Crippen molar-refractivity contribution in [3.8, 4) is 17.2 Å². The molecule has 122 valence electrons. The molecule has 0 bridgehead atoms. The van der Waals surface area contributed by atoms with Crippen LogP contribution in [0.3, 0.4) is 0 Å². The number of rotatable bonds is 4. The summed E-state index contributed by atoms with van der Waals surface area (Å²) in [6.45, 7) is 2.94. The Bertz CT molecular complexity index is 731. The van der Waals surface area contributed by atoms with Gasteiger partial charge < -0.3 is 9.80 Å². The van der Waals surface area contributed by atoms with Gasteiger partial charge in [0.05, 0.1) is 18.0 Å². The minimum atomic E-state index is 0.0747. The summed E-state index contributed by atoms with van der Waals surface area (Å²) in [6, 6.07) is 14.3. The monoisotopic (exact) mass is 320 g/mol. The molecule has 1 aromatic heterocycles. The second-order valence-electron chi connectivity index (χ2n) is 5.78. The van der Waals surface area contributed by atoms with Crippen molar-refractivity contribution >= 4 is 11.6 Å². The molecule has 1 aliphatic rings. The lowest BCUT2D eigenvalue weighted by Crippen LogP contribution is -2.48. The fraction of sp³-hybridized carbons (Fsp3) is 0.316. The van der Waals surface area contributed by atoms with Gasteiger partial charge in [-0.2, -0.15) is 5.26 Å². The van der Waals surface area contributed by atoms with Crippen molar-refractivity contribution < 1.29 is 4.79 Å². The van der Waals surface area contributed by atoms with E-state index in [2.05, 4.69) is 22.0 Å². The van der Waals surface area contributed by atoms with Gasteiger partial charge in [-0.15, -0.1) is 0 Å². The van der Waals surface area contributed by atoms with Crippen LogP contribution in [-0.2, 0) is 4.79 Å². The Balaban J connectivity index is 1.72. The fourth-order valence-electron chi connectivity index (χ4n) is 3.02. The number of hydrogen-bond acceptors (Lipinski definition) is 4. The van der Waals surface area contributed by atoms with Crippen LogP contribution in [-0.4, -0.2) is 42.0 Å². The molecule has 0 unspecified atom stereocenters. The number of nitriles is 1. The summed E-state index contributed by atoms with van der Waals surface area (Å²) >= 11 is 0.